The van der Waals surface area contributed by atoms with Crippen molar-refractivity contribution in [2.75, 3.05) is 0 Å². The zero-order chi connectivity index (χ0) is 24.5. The maximum Gasteiger partial charge on any atom is 0.328 e. The third-order valence-corrected chi connectivity index (χ3v) is 5.18. The molecule has 2 atom stereocenters. The van der Waals surface area contributed by atoms with Crippen LogP contribution in [0.5, 0.6) is 0 Å². The van der Waals surface area contributed by atoms with Gasteiger partial charge < -0.3 is 25.8 Å². The standard InChI is InChI=1S/C24H32N4O5/c1-5-16-7-6-8-19-17(13-26-22(16)19)11-21(27-15(4)29)23(31)28-20(10-9-18(30)12-25)24(32)33-14(2)3/h6-8,12-14,20-21,25-26H,5,9-11H2,1-4H3,(H,27,29)(H,28,31)/t20-,21-/m0/s1. The van der Waals surface area contributed by atoms with Crippen molar-refractivity contribution < 1.29 is 23.9 Å². The summed E-state index contributed by atoms with van der Waals surface area (Å²) in [6.45, 7) is 6.74. The number of para-hydroxylation sites is 1. The number of hydrogen-bond acceptors (Lipinski definition) is 6. The van der Waals surface area contributed by atoms with Crippen LogP contribution in [0.4, 0.5) is 0 Å². The van der Waals surface area contributed by atoms with Crippen LogP contribution in [0.15, 0.2) is 24.4 Å². The molecule has 0 aliphatic carbocycles. The van der Waals surface area contributed by atoms with E-state index in [1.807, 2.05) is 24.4 Å². The summed E-state index contributed by atoms with van der Waals surface area (Å²) < 4.78 is 5.21. The lowest BCUT2D eigenvalue weighted by atomic mass is 10.0. The van der Waals surface area contributed by atoms with Gasteiger partial charge in [-0.15, -0.1) is 0 Å². The van der Waals surface area contributed by atoms with Crippen LogP contribution < -0.4 is 10.6 Å². The second kappa shape index (κ2) is 11.9. The van der Waals surface area contributed by atoms with E-state index in [1.54, 1.807) is 13.8 Å². The first kappa shape index (κ1) is 25.8. The Morgan fingerprint density at radius 2 is 1.85 bits per heavy atom. The lowest BCUT2D eigenvalue weighted by Gasteiger charge is -2.23. The molecule has 9 nitrogen and oxygen atoms in total. The van der Waals surface area contributed by atoms with Crippen LogP contribution in [-0.2, 0) is 36.8 Å². The summed E-state index contributed by atoms with van der Waals surface area (Å²) in [7, 11) is 0. The van der Waals surface area contributed by atoms with Crippen molar-refractivity contribution in [1.82, 2.24) is 15.6 Å². The molecular formula is C24H32N4O5. The smallest absolute Gasteiger partial charge is 0.328 e. The number of aromatic amines is 1. The second-order valence-corrected chi connectivity index (χ2v) is 8.16. The van der Waals surface area contributed by atoms with E-state index in [2.05, 4.69) is 22.5 Å². The summed E-state index contributed by atoms with van der Waals surface area (Å²) in [5.74, 6) is -2.07. The fourth-order valence-electron chi connectivity index (χ4n) is 3.61. The van der Waals surface area contributed by atoms with E-state index in [1.165, 1.54) is 6.92 Å². The van der Waals surface area contributed by atoms with E-state index >= 15 is 0 Å². The SMILES string of the molecule is CCc1cccc2c(C[C@H](NC(C)=O)C(=O)N[C@@H](CCC(=O)C=N)C(=O)OC(C)C)c[nH]c12. The molecule has 0 saturated carbocycles. The number of aromatic nitrogens is 1. The average molecular weight is 457 g/mol. The lowest BCUT2D eigenvalue weighted by molar-refractivity contribution is -0.151. The summed E-state index contributed by atoms with van der Waals surface area (Å²) in [6.07, 6.45) is 3.05. The number of aryl methyl sites for hydroxylation is 1. The van der Waals surface area contributed by atoms with Gasteiger partial charge in [0.15, 0.2) is 5.78 Å². The highest BCUT2D eigenvalue weighted by atomic mass is 16.5. The zero-order valence-corrected chi connectivity index (χ0v) is 19.5. The molecule has 178 valence electrons. The number of carbonyl (C=O) groups excluding carboxylic acids is 4. The number of ether oxygens (including phenoxy) is 1. The van der Waals surface area contributed by atoms with E-state index in [0.717, 1.165) is 28.5 Å². The summed E-state index contributed by atoms with van der Waals surface area (Å²) in [5, 5.41) is 13.3. The molecule has 1 aromatic carbocycles. The number of nitrogens with one attached hydrogen (secondary N) is 4. The molecule has 9 heteroatoms. The minimum Gasteiger partial charge on any atom is -0.461 e. The Kier molecular flexibility index (Phi) is 9.32. The van der Waals surface area contributed by atoms with Gasteiger partial charge in [-0.25, -0.2) is 4.79 Å². The first-order chi connectivity index (χ1) is 15.7. The first-order valence-corrected chi connectivity index (χ1v) is 11.0. The van der Waals surface area contributed by atoms with Gasteiger partial charge in [0, 0.05) is 36.9 Å². The molecule has 2 rings (SSSR count). The van der Waals surface area contributed by atoms with Gasteiger partial charge in [0.2, 0.25) is 11.8 Å². The van der Waals surface area contributed by atoms with Gasteiger partial charge in [-0.05, 0) is 37.8 Å². The van der Waals surface area contributed by atoms with Gasteiger partial charge in [0.05, 0.1) is 12.3 Å². The van der Waals surface area contributed by atoms with Crippen LogP contribution in [-0.4, -0.2) is 53.0 Å². The van der Waals surface area contributed by atoms with Crippen LogP contribution in [0.3, 0.4) is 0 Å². The molecule has 0 bridgehead atoms. The predicted molar refractivity (Wildman–Crippen MR) is 125 cm³/mol. The van der Waals surface area contributed by atoms with E-state index in [4.69, 9.17) is 10.1 Å². The van der Waals surface area contributed by atoms with Crippen molar-refractivity contribution in [2.24, 2.45) is 0 Å². The number of benzene rings is 1. The Labute approximate surface area is 193 Å². The van der Waals surface area contributed by atoms with Crippen molar-refractivity contribution in [3.05, 3.63) is 35.5 Å². The number of esters is 1. The summed E-state index contributed by atoms with van der Waals surface area (Å²) in [4.78, 5) is 52.2. The number of fused-ring (bicyclic) bond motifs is 1. The Morgan fingerprint density at radius 3 is 2.45 bits per heavy atom. The quantitative estimate of drug-likeness (QED) is 0.286. The van der Waals surface area contributed by atoms with Gasteiger partial charge in [0.25, 0.3) is 0 Å². The third kappa shape index (κ3) is 7.27. The number of hydrogen-bond donors (Lipinski definition) is 4. The van der Waals surface area contributed by atoms with E-state index in [9.17, 15) is 19.2 Å². The van der Waals surface area contributed by atoms with Gasteiger partial charge in [0.1, 0.15) is 12.1 Å². The topological polar surface area (TPSA) is 141 Å². The molecule has 0 saturated heterocycles. The van der Waals surface area contributed by atoms with Crippen LogP contribution in [0.2, 0.25) is 0 Å². The molecule has 4 N–H and O–H groups in total. The van der Waals surface area contributed by atoms with Crippen molar-refractivity contribution in [1.29, 1.82) is 5.41 Å². The molecule has 0 radical (unpaired) electrons. The number of carbonyl (C=O) groups is 4. The highest BCUT2D eigenvalue weighted by Crippen LogP contribution is 2.23. The molecule has 0 spiro atoms. The maximum absolute atomic E-state index is 13.1. The summed E-state index contributed by atoms with van der Waals surface area (Å²) in [5.41, 5.74) is 2.99. The molecule has 33 heavy (non-hydrogen) atoms. The van der Waals surface area contributed by atoms with Crippen LogP contribution in [0, 0.1) is 5.41 Å². The zero-order valence-electron chi connectivity index (χ0n) is 19.5. The highest BCUT2D eigenvalue weighted by Gasteiger charge is 2.28. The normalized spacial score (nSPS) is 12.8. The van der Waals surface area contributed by atoms with E-state index < -0.39 is 35.8 Å². The van der Waals surface area contributed by atoms with Gasteiger partial charge in [-0.1, -0.05) is 25.1 Å². The van der Waals surface area contributed by atoms with Crippen LogP contribution >= 0.6 is 0 Å². The Balaban J connectivity index is 2.25. The minimum atomic E-state index is -1.07. The molecule has 1 aromatic heterocycles. The van der Waals surface area contributed by atoms with Crippen molar-refractivity contribution in [3.63, 3.8) is 0 Å². The van der Waals surface area contributed by atoms with E-state index in [-0.39, 0.29) is 25.2 Å². The van der Waals surface area contributed by atoms with E-state index in [0.29, 0.717) is 6.21 Å². The Hall–Kier alpha value is -3.49. The molecule has 1 heterocycles. The molecule has 0 unspecified atom stereocenters. The Morgan fingerprint density at radius 1 is 1.12 bits per heavy atom. The molecule has 0 aliphatic heterocycles. The highest BCUT2D eigenvalue weighted by molar-refractivity contribution is 6.26. The number of Topliss-reactive ketones (excluding diaryl/α,β-unsaturated/α-hetero) is 1. The van der Waals surface area contributed by atoms with Crippen molar-refractivity contribution in [3.8, 4) is 0 Å². The number of ketones is 1. The number of H-pyrrole nitrogens is 1. The number of amides is 2. The lowest BCUT2D eigenvalue weighted by Crippen LogP contribution is -2.52. The minimum absolute atomic E-state index is 0.00869. The first-order valence-electron chi connectivity index (χ1n) is 11.0. The number of rotatable bonds is 12. The Bertz CT molecular complexity index is 1030. The molecular weight excluding hydrogens is 424 g/mol. The summed E-state index contributed by atoms with van der Waals surface area (Å²) >= 11 is 0. The average Bonchev–Trinajstić information content (AvgIpc) is 3.17. The monoisotopic (exact) mass is 456 g/mol. The molecule has 2 aromatic rings. The fraction of sp³-hybridized carbons (Fsp3) is 0.458. The second-order valence-electron chi connectivity index (χ2n) is 8.16. The van der Waals surface area contributed by atoms with Crippen molar-refractivity contribution in [2.45, 2.75) is 71.6 Å². The van der Waals surface area contributed by atoms with Gasteiger partial charge in [-0.2, -0.15) is 0 Å². The van der Waals surface area contributed by atoms with Crippen LogP contribution in [0.1, 0.15) is 51.7 Å². The largest absolute Gasteiger partial charge is 0.461 e. The van der Waals surface area contributed by atoms with Crippen LogP contribution in [0.25, 0.3) is 10.9 Å². The summed E-state index contributed by atoms with van der Waals surface area (Å²) in [6, 6.07) is 3.93. The fourth-order valence-corrected chi connectivity index (χ4v) is 3.61. The van der Waals surface area contributed by atoms with Gasteiger partial charge in [-0.3, -0.25) is 14.4 Å². The maximum atomic E-state index is 13.1. The molecule has 2 amide bonds. The van der Waals surface area contributed by atoms with Gasteiger partial charge >= 0.3 is 5.97 Å². The molecule has 0 aliphatic rings. The predicted octanol–water partition coefficient (Wildman–Crippen LogP) is 2.21. The third-order valence-electron chi connectivity index (χ3n) is 5.18. The van der Waals surface area contributed by atoms with Crippen molar-refractivity contribution >= 4 is 40.7 Å². The molecule has 0 fully saturated rings.